The van der Waals surface area contributed by atoms with Crippen LogP contribution in [0, 0.1) is 0 Å². The van der Waals surface area contributed by atoms with Crippen LogP contribution < -0.4 is 5.32 Å². The second-order valence-corrected chi connectivity index (χ2v) is 9.34. The van der Waals surface area contributed by atoms with Crippen LogP contribution in [0.4, 0.5) is 0 Å². The van der Waals surface area contributed by atoms with Crippen molar-refractivity contribution >= 4 is 29.3 Å². The number of rotatable bonds is 8. The molecule has 0 aliphatic carbocycles. The van der Waals surface area contributed by atoms with Gasteiger partial charge >= 0.3 is 5.97 Å². The van der Waals surface area contributed by atoms with E-state index in [9.17, 15) is 19.5 Å². The van der Waals surface area contributed by atoms with E-state index in [-0.39, 0.29) is 18.4 Å². The lowest BCUT2D eigenvalue weighted by molar-refractivity contribution is -0.141. The fraction of sp³-hybridized carbons (Fsp3) is 0.308. The number of aliphatic carboxylic acids is 1. The Bertz CT molecular complexity index is 1160. The van der Waals surface area contributed by atoms with Gasteiger partial charge < -0.3 is 15.3 Å². The Morgan fingerprint density at radius 3 is 2.50 bits per heavy atom. The van der Waals surface area contributed by atoms with E-state index in [2.05, 4.69) is 21.8 Å². The first-order valence-electron chi connectivity index (χ1n) is 11.3. The van der Waals surface area contributed by atoms with E-state index in [0.29, 0.717) is 18.7 Å². The highest BCUT2D eigenvalue weighted by atomic mass is 32.1. The van der Waals surface area contributed by atoms with Crippen LogP contribution in [-0.2, 0) is 27.2 Å². The number of aromatic nitrogens is 1. The number of hydrogen-bond acceptors (Lipinski definition) is 5. The standard InChI is InChI=1S/C26H27N3O4S/c1-17(30)27-22(26(32)33)15-21-16-24(34-28-21)23-8-5-13-29(23)25(31)14-18-9-11-20(12-10-18)19-6-3-2-4-7-19/h2-4,6-7,9-12,16,22-23H,5,8,13-15H2,1H3,(H,27,30)(H,32,33). The summed E-state index contributed by atoms with van der Waals surface area (Å²) in [6, 6.07) is 19.0. The Morgan fingerprint density at radius 1 is 1.12 bits per heavy atom. The fourth-order valence-corrected chi connectivity index (χ4v) is 5.22. The van der Waals surface area contributed by atoms with Crippen molar-refractivity contribution in [3.8, 4) is 11.1 Å². The van der Waals surface area contributed by atoms with Crippen LogP contribution in [-0.4, -0.2) is 44.8 Å². The van der Waals surface area contributed by atoms with Gasteiger partial charge in [-0.1, -0.05) is 54.6 Å². The van der Waals surface area contributed by atoms with E-state index in [4.69, 9.17) is 0 Å². The first kappa shape index (κ1) is 23.6. The highest BCUT2D eigenvalue weighted by Crippen LogP contribution is 2.35. The van der Waals surface area contributed by atoms with E-state index in [1.165, 1.54) is 18.5 Å². The number of nitrogens with one attached hydrogen (secondary N) is 1. The van der Waals surface area contributed by atoms with Crippen LogP contribution in [0.1, 0.15) is 41.9 Å². The third-order valence-electron chi connectivity index (χ3n) is 5.98. The number of carboxylic acids is 1. The van der Waals surface area contributed by atoms with Crippen LogP contribution in [0.5, 0.6) is 0 Å². The maximum Gasteiger partial charge on any atom is 0.326 e. The summed E-state index contributed by atoms with van der Waals surface area (Å²) in [4.78, 5) is 38.7. The summed E-state index contributed by atoms with van der Waals surface area (Å²) in [6.45, 7) is 1.99. The summed E-state index contributed by atoms with van der Waals surface area (Å²) < 4.78 is 4.40. The largest absolute Gasteiger partial charge is 0.480 e. The van der Waals surface area contributed by atoms with Crippen LogP contribution in [0.25, 0.3) is 11.1 Å². The van der Waals surface area contributed by atoms with Gasteiger partial charge in [0.1, 0.15) is 6.04 Å². The van der Waals surface area contributed by atoms with Crippen LogP contribution >= 0.6 is 11.5 Å². The lowest BCUT2D eigenvalue weighted by Gasteiger charge is -2.23. The number of carbonyl (C=O) groups is 3. The molecule has 3 aromatic rings. The molecule has 1 aliphatic heterocycles. The van der Waals surface area contributed by atoms with Crippen LogP contribution in [0.15, 0.2) is 60.7 Å². The van der Waals surface area contributed by atoms with Gasteiger partial charge in [0.2, 0.25) is 11.8 Å². The summed E-state index contributed by atoms with van der Waals surface area (Å²) in [5.41, 5.74) is 3.84. The maximum atomic E-state index is 13.1. The molecular weight excluding hydrogens is 450 g/mol. The average Bonchev–Trinajstić information content (AvgIpc) is 3.49. The molecule has 2 heterocycles. The fourth-order valence-electron chi connectivity index (χ4n) is 4.32. The van der Waals surface area contributed by atoms with Gasteiger partial charge in [0.15, 0.2) is 0 Å². The summed E-state index contributed by atoms with van der Waals surface area (Å²) in [7, 11) is 0. The highest BCUT2D eigenvalue weighted by Gasteiger charge is 2.32. The molecule has 34 heavy (non-hydrogen) atoms. The Kier molecular flexibility index (Phi) is 7.37. The van der Waals surface area contributed by atoms with Crippen molar-refractivity contribution in [2.45, 2.75) is 44.7 Å². The third kappa shape index (κ3) is 5.69. The molecule has 7 nitrogen and oxygen atoms in total. The van der Waals surface area contributed by atoms with Gasteiger partial charge in [-0.05, 0) is 47.1 Å². The number of amides is 2. The number of benzene rings is 2. The summed E-state index contributed by atoms with van der Waals surface area (Å²) in [6.07, 6.45) is 2.22. The molecule has 0 bridgehead atoms. The topological polar surface area (TPSA) is 99.6 Å². The van der Waals surface area contributed by atoms with Crippen molar-refractivity contribution < 1.29 is 19.5 Å². The zero-order valence-electron chi connectivity index (χ0n) is 18.9. The Morgan fingerprint density at radius 2 is 1.82 bits per heavy atom. The number of likely N-dealkylation sites (tertiary alicyclic amines) is 1. The molecule has 2 amide bonds. The monoisotopic (exact) mass is 477 g/mol. The molecule has 8 heteroatoms. The lowest BCUT2D eigenvalue weighted by atomic mass is 10.0. The minimum atomic E-state index is -1.10. The maximum absolute atomic E-state index is 13.1. The molecule has 2 N–H and O–H groups in total. The van der Waals surface area contributed by atoms with E-state index in [1.54, 1.807) is 0 Å². The quantitative estimate of drug-likeness (QED) is 0.513. The minimum absolute atomic E-state index is 0.0496. The second kappa shape index (κ2) is 10.6. The lowest BCUT2D eigenvalue weighted by Crippen LogP contribution is -2.41. The van der Waals surface area contributed by atoms with E-state index in [0.717, 1.165) is 34.4 Å². The molecule has 2 unspecified atom stereocenters. The number of nitrogens with zero attached hydrogens (tertiary/aromatic N) is 2. The first-order valence-corrected chi connectivity index (χ1v) is 12.1. The van der Waals surface area contributed by atoms with Crippen LogP contribution in [0.2, 0.25) is 0 Å². The average molecular weight is 478 g/mol. The summed E-state index contributed by atoms with van der Waals surface area (Å²) in [5.74, 6) is -1.42. The Hall–Kier alpha value is -3.52. The Labute approximate surface area is 202 Å². The highest BCUT2D eigenvalue weighted by molar-refractivity contribution is 7.05. The number of hydrogen-bond donors (Lipinski definition) is 2. The molecular formula is C26H27N3O4S. The zero-order chi connectivity index (χ0) is 24.1. The second-order valence-electron chi connectivity index (χ2n) is 8.50. The molecule has 0 saturated carbocycles. The molecule has 0 spiro atoms. The first-order chi connectivity index (χ1) is 16.4. The van der Waals surface area contributed by atoms with Crippen molar-refractivity contribution in [2.75, 3.05) is 6.54 Å². The molecule has 0 radical (unpaired) electrons. The van der Waals surface area contributed by atoms with Gasteiger partial charge in [-0.2, -0.15) is 4.37 Å². The van der Waals surface area contributed by atoms with Crippen molar-refractivity contribution in [3.05, 3.63) is 76.8 Å². The van der Waals surface area contributed by atoms with Crippen molar-refractivity contribution in [3.63, 3.8) is 0 Å². The van der Waals surface area contributed by atoms with Gasteiger partial charge in [-0.25, -0.2) is 4.79 Å². The SMILES string of the molecule is CC(=O)NC(Cc1cc(C2CCCN2C(=O)Cc2ccc(-c3ccccc3)cc2)sn1)C(=O)O. The van der Waals surface area contributed by atoms with E-state index in [1.807, 2.05) is 53.4 Å². The normalized spacial score (nSPS) is 16.3. The van der Waals surface area contributed by atoms with Gasteiger partial charge in [0.25, 0.3) is 0 Å². The number of carboxylic acid groups (broad SMARTS) is 1. The van der Waals surface area contributed by atoms with E-state index < -0.39 is 17.9 Å². The molecule has 1 saturated heterocycles. The molecule has 1 aliphatic rings. The minimum Gasteiger partial charge on any atom is -0.480 e. The predicted molar refractivity (Wildman–Crippen MR) is 130 cm³/mol. The van der Waals surface area contributed by atoms with Gasteiger partial charge in [-0.15, -0.1) is 0 Å². The molecule has 2 atom stereocenters. The molecule has 1 fully saturated rings. The molecule has 1 aromatic heterocycles. The van der Waals surface area contributed by atoms with Gasteiger partial charge in [0, 0.05) is 24.8 Å². The third-order valence-corrected chi connectivity index (χ3v) is 6.91. The smallest absolute Gasteiger partial charge is 0.326 e. The number of carbonyl (C=O) groups excluding carboxylic acids is 2. The molecule has 4 rings (SSSR count). The summed E-state index contributed by atoms with van der Waals surface area (Å²) >= 11 is 1.30. The van der Waals surface area contributed by atoms with Crippen molar-refractivity contribution in [1.82, 2.24) is 14.6 Å². The van der Waals surface area contributed by atoms with Gasteiger partial charge in [-0.3, -0.25) is 9.59 Å². The van der Waals surface area contributed by atoms with Crippen molar-refractivity contribution in [2.24, 2.45) is 0 Å². The van der Waals surface area contributed by atoms with E-state index >= 15 is 0 Å². The van der Waals surface area contributed by atoms with Crippen LogP contribution in [0.3, 0.4) is 0 Å². The predicted octanol–water partition coefficient (Wildman–Crippen LogP) is 3.85. The molecule has 176 valence electrons. The molecule has 2 aromatic carbocycles. The summed E-state index contributed by atoms with van der Waals surface area (Å²) in [5, 5.41) is 11.8. The van der Waals surface area contributed by atoms with Crippen molar-refractivity contribution in [1.29, 1.82) is 0 Å². The van der Waals surface area contributed by atoms with Gasteiger partial charge in [0.05, 0.1) is 18.2 Å². The zero-order valence-corrected chi connectivity index (χ0v) is 19.8. The Balaban J connectivity index is 1.41.